The van der Waals surface area contributed by atoms with Gasteiger partial charge in [0.1, 0.15) is 20.8 Å². The molecule has 14 heteroatoms. The number of aliphatic carboxylic acids is 1. The summed E-state index contributed by atoms with van der Waals surface area (Å²) in [6.45, 7) is 0. The molecule has 202 valence electrons. The number of pyridine rings is 2. The standard InChI is InChI=1S/C12H10BrN3O.C7H7NO2.C4H4BrN3.CH3F.ClH/c13-12-5-4-10(15-16-12)8-11(17)7-9-3-1-2-6-14-9;9-7(10)5-6-3-1-2-4-8-6;5-3-1-2-4(6)8-7-3;1-2;/h1-6H,7-8H2;1-4H,5H2,(H,9,10);1-2H,(H2,6,8);1H3;1H/i;;;1D;. The molecular formula is C24H25Br2ClFN7O3. The molecule has 0 aliphatic heterocycles. The van der Waals surface area contributed by atoms with Gasteiger partial charge in [-0.15, -0.1) is 27.7 Å². The summed E-state index contributed by atoms with van der Waals surface area (Å²) in [5.74, 6) is -0.327. The Hall–Kier alpha value is -3.42. The fourth-order valence-electron chi connectivity index (χ4n) is 2.39. The number of nitrogens with two attached hydrogens (primary N) is 1. The Kier molecular flexibility index (Phi) is 17.7. The first kappa shape index (κ1) is 32.6. The predicted molar refractivity (Wildman–Crippen MR) is 150 cm³/mol. The second kappa shape index (κ2) is 20.6. The number of ketones is 1. The zero-order valence-electron chi connectivity index (χ0n) is 20.8. The first-order chi connectivity index (χ1) is 18.2. The van der Waals surface area contributed by atoms with Crippen molar-refractivity contribution >= 4 is 61.8 Å². The fraction of sp³-hybridized carbons (Fsp3) is 0.167. The smallest absolute Gasteiger partial charge is 0.309 e. The Morgan fingerprint density at radius 3 is 1.71 bits per heavy atom. The van der Waals surface area contributed by atoms with Crippen molar-refractivity contribution in [2.45, 2.75) is 19.3 Å². The molecule has 0 saturated carbocycles. The molecule has 0 bridgehead atoms. The number of carboxylic acid groups (broad SMARTS) is 1. The largest absolute Gasteiger partial charge is 0.481 e. The number of rotatable bonds is 6. The highest BCUT2D eigenvalue weighted by Crippen LogP contribution is 2.06. The minimum absolute atomic E-state index is 0. The molecule has 0 aliphatic rings. The van der Waals surface area contributed by atoms with Gasteiger partial charge in [-0.05, 0) is 80.4 Å². The van der Waals surface area contributed by atoms with Crippen LogP contribution < -0.4 is 5.73 Å². The van der Waals surface area contributed by atoms with Gasteiger partial charge in [0.2, 0.25) is 0 Å². The van der Waals surface area contributed by atoms with Crippen molar-refractivity contribution in [1.29, 1.82) is 0 Å². The highest BCUT2D eigenvalue weighted by Gasteiger charge is 2.07. The first-order valence-electron chi connectivity index (χ1n) is 11.1. The molecule has 4 rings (SSSR count). The Labute approximate surface area is 243 Å². The maximum Gasteiger partial charge on any atom is 0.309 e. The average molecular weight is 675 g/mol. The molecular weight excluding hydrogens is 649 g/mol. The van der Waals surface area contributed by atoms with Crippen LogP contribution in [0, 0.1) is 0 Å². The zero-order chi connectivity index (χ0) is 28.2. The van der Waals surface area contributed by atoms with Crippen molar-refractivity contribution in [2.75, 3.05) is 12.9 Å². The van der Waals surface area contributed by atoms with E-state index in [4.69, 9.17) is 12.2 Å². The topological polar surface area (TPSA) is 158 Å². The van der Waals surface area contributed by atoms with E-state index in [1.54, 1.807) is 54.9 Å². The van der Waals surface area contributed by atoms with Crippen LogP contribution in [0.2, 0.25) is 0 Å². The van der Waals surface area contributed by atoms with Gasteiger partial charge >= 0.3 is 5.97 Å². The van der Waals surface area contributed by atoms with Crippen LogP contribution in [-0.2, 0) is 28.9 Å². The van der Waals surface area contributed by atoms with Crippen molar-refractivity contribution in [3.05, 3.63) is 99.3 Å². The van der Waals surface area contributed by atoms with Crippen molar-refractivity contribution in [3.63, 3.8) is 0 Å². The molecule has 0 aromatic carbocycles. The number of hydrogen-bond acceptors (Lipinski definition) is 9. The number of nitrogens with zero attached hydrogens (tertiary/aromatic N) is 6. The van der Waals surface area contributed by atoms with Gasteiger partial charge in [-0.25, -0.2) is 0 Å². The molecule has 0 saturated heterocycles. The predicted octanol–water partition coefficient (Wildman–Crippen LogP) is 4.53. The van der Waals surface area contributed by atoms with E-state index in [0.717, 1.165) is 5.69 Å². The maximum absolute atomic E-state index is 11.7. The quantitative estimate of drug-likeness (QED) is 0.298. The monoisotopic (exact) mass is 672 g/mol. The number of halogens is 4. The van der Waals surface area contributed by atoms with Crippen LogP contribution in [0.4, 0.5) is 10.2 Å². The Bertz CT molecular complexity index is 1200. The highest BCUT2D eigenvalue weighted by molar-refractivity contribution is 9.10. The molecule has 0 aliphatic carbocycles. The van der Waals surface area contributed by atoms with E-state index in [2.05, 4.69) is 62.2 Å². The summed E-state index contributed by atoms with van der Waals surface area (Å²) in [4.78, 5) is 29.8. The summed E-state index contributed by atoms with van der Waals surface area (Å²) in [5.41, 5.74) is 7.28. The molecule has 10 nitrogen and oxygen atoms in total. The molecule has 3 N–H and O–H groups in total. The number of nitrogen functional groups attached to an aromatic ring is 1. The summed E-state index contributed by atoms with van der Waals surface area (Å²) >= 11 is 6.31. The van der Waals surface area contributed by atoms with Gasteiger partial charge in [-0.2, -0.15) is 5.10 Å². The lowest BCUT2D eigenvalue weighted by molar-refractivity contribution is -0.136. The molecule has 0 fully saturated rings. The number of anilines is 1. The number of carbonyl (C=O) groups is 2. The molecule has 4 aromatic rings. The number of alkyl halides is 1. The third-order valence-corrected chi connectivity index (χ3v) is 4.73. The van der Waals surface area contributed by atoms with Crippen LogP contribution in [0.5, 0.6) is 0 Å². The summed E-state index contributed by atoms with van der Waals surface area (Å²) in [6, 6.07) is 17.7. The summed E-state index contributed by atoms with van der Waals surface area (Å²) in [7, 11) is -1.00. The van der Waals surface area contributed by atoms with Gasteiger partial charge in [0.25, 0.3) is 0 Å². The highest BCUT2D eigenvalue weighted by atomic mass is 79.9. The van der Waals surface area contributed by atoms with E-state index in [9.17, 15) is 14.0 Å². The van der Waals surface area contributed by atoms with E-state index in [1.165, 1.54) is 0 Å². The SMILES string of the molecule is Cl.Nc1ccc(Br)nn1.O=C(Cc1ccccn1)Cc1ccc(Br)nn1.O=C(O)Cc1ccccn1.[2H]CF. The number of hydrogen-bond donors (Lipinski definition) is 2. The van der Waals surface area contributed by atoms with Crippen molar-refractivity contribution in [1.82, 2.24) is 30.4 Å². The second-order valence-electron chi connectivity index (χ2n) is 6.73. The van der Waals surface area contributed by atoms with E-state index in [0.29, 0.717) is 32.8 Å². The molecule has 0 unspecified atom stereocenters. The zero-order valence-corrected chi connectivity index (χ0v) is 23.8. The molecule has 0 spiro atoms. The van der Waals surface area contributed by atoms with E-state index < -0.39 is 13.1 Å². The minimum atomic E-state index is -1.00. The fourth-order valence-corrected chi connectivity index (χ4v) is 2.81. The minimum Gasteiger partial charge on any atom is -0.481 e. The Balaban J connectivity index is 0.000000561. The maximum atomic E-state index is 11.7. The normalized spacial score (nSPS) is 9.39. The van der Waals surface area contributed by atoms with Gasteiger partial charge in [0, 0.05) is 24.5 Å². The van der Waals surface area contributed by atoms with Gasteiger partial charge in [0.05, 0.1) is 32.8 Å². The van der Waals surface area contributed by atoms with Crippen LogP contribution in [-0.4, -0.2) is 54.4 Å². The molecule has 0 amide bonds. The van der Waals surface area contributed by atoms with Gasteiger partial charge in [-0.3, -0.25) is 23.9 Å². The van der Waals surface area contributed by atoms with Crippen molar-refractivity contribution in [2.24, 2.45) is 0 Å². The number of carbonyl (C=O) groups excluding carboxylic acids is 1. The summed E-state index contributed by atoms with van der Waals surface area (Å²) < 4.78 is 16.9. The van der Waals surface area contributed by atoms with E-state index in [1.807, 2.05) is 18.2 Å². The number of aromatic nitrogens is 6. The lowest BCUT2D eigenvalue weighted by Crippen LogP contribution is -2.09. The summed E-state index contributed by atoms with van der Waals surface area (Å²) in [6.07, 6.45) is 3.89. The van der Waals surface area contributed by atoms with E-state index in [-0.39, 0.29) is 31.0 Å². The Morgan fingerprint density at radius 2 is 1.32 bits per heavy atom. The summed E-state index contributed by atoms with van der Waals surface area (Å²) in [5, 5.41) is 23.3. The van der Waals surface area contributed by atoms with Crippen LogP contribution in [0.15, 0.2) is 82.3 Å². The molecule has 38 heavy (non-hydrogen) atoms. The first-order valence-corrected chi connectivity index (χ1v) is 11.9. The van der Waals surface area contributed by atoms with Crippen LogP contribution in [0.25, 0.3) is 0 Å². The van der Waals surface area contributed by atoms with Gasteiger partial charge < -0.3 is 10.8 Å². The number of carboxylic acids is 1. The molecule has 4 aromatic heterocycles. The van der Waals surface area contributed by atoms with E-state index >= 15 is 0 Å². The Morgan fingerprint density at radius 1 is 0.816 bits per heavy atom. The lowest BCUT2D eigenvalue weighted by atomic mass is 10.1. The van der Waals surface area contributed by atoms with Gasteiger partial charge in [0.15, 0.2) is 0 Å². The second-order valence-corrected chi connectivity index (χ2v) is 8.36. The molecule has 4 heterocycles. The van der Waals surface area contributed by atoms with Crippen LogP contribution >= 0.6 is 44.3 Å². The lowest BCUT2D eigenvalue weighted by Gasteiger charge is -2.00. The molecule has 0 radical (unpaired) electrons. The molecule has 0 atom stereocenters. The third kappa shape index (κ3) is 16.3. The van der Waals surface area contributed by atoms with Crippen molar-refractivity contribution in [3.8, 4) is 0 Å². The number of Topliss-reactive ketones (excluding diaryl/α,β-unsaturated/α-hetero) is 1. The van der Waals surface area contributed by atoms with Crippen molar-refractivity contribution < 1.29 is 20.5 Å². The van der Waals surface area contributed by atoms with Gasteiger partial charge in [-0.1, -0.05) is 12.1 Å². The third-order valence-electron chi connectivity index (χ3n) is 3.88. The average Bonchev–Trinajstić information content (AvgIpc) is 2.89. The van der Waals surface area contributed by atoms with Crippen LogP contribution in [0.1, 0.15) is 18.5 Å². The van der Waals surface area contributed by atoms with Crippen LogP contribution in [0.3, 0.4) is 0 Å².